The molecule has 10 heteroatoms. The number of esters is 2. The van der Waals surface area contributed by atoms with E-state index in [0.717, 1.165) is 0 Å². The predicted octanol–water partition coefficient (Wildman–Crippen LogP) is -0.805. The predicted molar refractivity (Wildman–Crippen MR) is 78.9 cm³/mol. The molecule has 132 valence electrons. The van der Waals surface area contributed by atoms with Gasteiger partial charge in [0.05, 0.1) is 0 Å². The Kier molecular flexibility index (Phi) is 4.17. The van der Waals surface area contributed by atoms with Gasteiger partial charge in [0.1, 0.15) is 16.5 Å². The van der Waals surface area contributed by atoms with Crippen molar-refractivity contribution >= 4 is 39.6 Å². The molecular weight excluding hydrogens is 390 g/mol. The first-order chi connectivity index (χ1) is 11.2. The number of alkyl halides is 1. The summed E-state index contributed by atoms with van der Waals surface area (Å²) in [5.41, 5.74) is -1.53. The summed E-state index contributed by atoms with van der Waals surface area (Å²) in [6.07, 6.45) is -5.14. The molecule has 24 heavy (non-hydrogen) atoms. The second-order valence-electron chi connectivity index (χ2n) is 5.96. The highest BCUT2D eigenvalue weighted by atomic mass is 79.9. The SMILES string of the molecule is CC(=O)N[C@@]12[C@H](OC(C)=O)[C@H]3O[C@@H]([C@H]1OC(C)=O)[C@@H](O3)C(=O)[C@@H]2Br. The van der Waals surface area contributed by atoms with Crippen molar-refractivity contribution in [3.05, 3.63) is 0 Å². The molecule has 0 radical (unpaired) electrons. The van der Waals surface area contributed by atoms with Gasteiger partial charge in [0.2, 0.25) is 5.91 Å². The number of fused-ring (bicyclic) bond motifs is 2. The Morgan fingerprint density at radius 3 is 2.21 bits per heavy atom. The minimum Gasteiger partial charge on any atom is -0.457 e. The molecule has 1 amide bonds. The number of Topliss-reactive ketones (excluding diaryl/α,β-unsaturated/α-hetero) is 1. The number of hydrogen-bond donors (Lipinski definition) is 1. The van der Waals surface area contributed by atoms with Crippen molar-refractivity contribution in [1.29, 1.82) is 0 Å². The van der Waals surface area contributed by atoms with E-state index >= 15 is 0 Å². The lowest BCUT2D eigenvalue weighted by atomic mass is 9.71. The van der Waals surface area contributed by atoms with Crippen LogP contribution in [0.25, 0.3) is 0 Å². The number of rotatable bonds is 3. The van der Waals surface area contributed by atoms with E-state index in [1.54, 1.807) is 0 Å². The average Bonchev–Trinajstić information content (AvgIpc) is 2.83. The minimum atomic E-state index is -1.53. The molecule has 0 aromatic rings. The number of ketones is 1. The number of nitrogens with one attached hydrogen (secondary N) is 1. The van der Waals surface area contributed by atoms with Crippen molar-refractivity contribution in [1.82, 2.24) is 5.32 Å². The van der Waals surface area contributed by atoms with Gasteiger partial charge >= 0.3 is 11.9 Å². The summed E-state index contributed by atoms with van der Waals surface area (Å²) in [7, 11) is 0. The molecule has 1 N–H and O–H groups in total. The third-order valence-electron chi connectivity index (χ3n) is 4.29. The van der Waals surface area contributed by atoms with E-state index in [2.05, 4.69) is 21.2 Å². The van der Waals surface area contributed by atoms with E-state index in [4.69, 9.17) is 18.9 Å². The smallest absolute Gasteiger partial charge is 0.303 e. The summed E-state index contributed by atoms with van der Waals surface area (Å²) in [5.74, 6) is -2.15. The Morgan fingerprint density at radius 1 is 1.08 bits per heavy atom. The lowest BCUT2D eigenvalue weighted by Crippen LogP contribution is -2.80. The van der Waals surface area contributed by atoms with E-state index in [0.29, 0.717) is 0 Å². The summed E-state index contributed by atoms with van der Waals surface area (Å²) in [4.78, 5) is 46.6. The van der Waals surface area contributed by atoms with E-state index in [9.17, 15) is 19.2 Å². The van der Waals surface area contributed by atoms with Gasteiger partial charge in [-0.3, -0.25) is 19.2 Å². The molecule has 0 aromatic carbocycles. The van der Waals surface area contributed by atoms with Crippen LogP contribution in [0.15, 0.2) is 0 Å². The summed E-state index contributed by atoms with van der Waals surface area (Å²) in [5, 5.41) is 2.65. The Balaban J connectivity index is 2.15. The highest BCUT2D eigenvalue weighted by molar-refractivity contribution is 9.10. The summed E-state index contributed by atoms with van der Waals surface area (Å²) >= 11 is 3.27. The topological polar surface area (TPSA) is 117 Å². The van der Waals surface area contributed by atoms with Crippen LogP contribution in [0.2, 0.25) is 0 Å². The minimum absolute atomic E-state index is 0.380. The molecule has 3 aliphatic rings. The molecule has 2 aliphatic heterocycles. The fourth-order valence-electron chi connectivity index (χ4n) is 3.59. The third kappa shape index (κ3) is 2.35. The van der Waals surface area contributed by atoms with Crippen molar-refractivity contribution in [2.24, 2.45) is 0 Å². The maximum atomic E-state index is 12.6. The average molecular weight is 406 g/mol. The van der Waals surface area contributed by atoms with Gasteiger partial charge in [-0.15, -0.1) is 0 Å². The number of carbonyl (C=O) groups is 4. The van der Waals surface area contributed by atoms with Crippen LogP contribution in [0.5, 0.6) is 0 Å². The highest BCUT2D eigenvalue weighted by Gasteiger charge is 2.75. The maximum Gasteiger partial charge on any atom is 0.303 e. The van der Waals surface area contributed by atoms with Gasteiger partial charge in [-0.2, -0.15) is 0 Å². The van der Waals surface area contributed by atoms with E-state index in [-0.39, 0.29) is 5.78 Å². The van der Waals surface area contributed by atoms with Gasteiger partial charge in [0.15, 0.2) is 30.4 Å². The molecule has 9 nitrogen and oxygen atoms in total. The summed E-state index contributed by atoms with van der Waals surface area (Å²) < 4.78 is 21.9. The summed E-state index contributed by atoms with van der Waals surface area (Å²) in [6, 6.07) is 0. The van der Waals surface area contributed by atoms with Crippen LogP contribution >= 0.6 is 15.9 Å². The number of ether oxygens (including phenoxy) is 4. The molecule has 0 unspecified atom stereocenters. The summed E-state index contributed by atoms with van der Waals surface area (Å²) in [6.45, 7) is 3.63. The molecule has 3 fully saturated rings. The van der Waals surface area contributed by atoms with Crippen molar-refractivity contribution in [3.63, 3.8) is 0 Å². The molecule has 1 saturated carbocycles. The molecule has 7 atom stereocenters. The van der Waals surface area contributed by atoms with Gasteiger partial charge in [0.25, 0.3) is 0 Å². The first-order valence-corrected chi connectivity index (χ1v) is 8.22. The lowest BCUT2D eigenvalue weighted by molar-refractivity contribution is -0.240. The van der Waals surface area contributed by atoms with Crippen LogP contribution in [-0.4, -0.2) is 64.7 Å². The fourth-order valence-corrected chi connectivity index (χ4v) is 4.49. The van der Waals surface area contributed by atoms with Gasteiger partial charge in [0, 0.05) is 20.8 Å². The third-order valence-corrected chi connectivity index (χ3v) is 5.49. The van der Waals surface area contributed by atoms with E-state index in [1.165, 1.54) is 20.8 Å². The van der Waals surface area contributed by atoms with Crippen LogP contribution in [0, 0.1) is 0 Å². The van der Waals surface area contributed by atoms with Crippen LogP contribution in [-0.2, 0) is 38.1 Å². The van der Waals surface area contributed by atoms with Crippen molar-refractivity contribution in [2.45, 2.75) is 61.8 Å². The molecule has 0 spiro atoms. The van der Waals surface area contributed by atoms with E-state index < -0.39 is 58.9 Å². The van der Waals surface area contributed by atoms with Gasteiger partial charge in [-0.05, 0) is 0 Å². The quantitative estimate of drug-likeness (QED) is 0.478. The molecule has 2 saturated heterocycles. The Hall–Kier alpha value is -1.52. The Bertz CT molecular complexity index is 604. The number of carbonyl (C=O) groups excluding carboxylic acids is 4. The molecule has 3 bridgehead atoms. The van der Waals surface area contributed by atoms with Crippen molar-refractivity contribution < 1.29 is 38.1 Å². The number of halogens is 1. The van der Waals surface area contributed by atoms with E-state index in [1.807, 2.05) is 0 Å². The van der Waals surface area contributed by atoms with Crippen molar-refractivity contribution in [3.8, 4) is 0 Å². The zero-order valence-corrected chi connectivity index (χ0v) is 14.7. The first-order valence-electron chi connectivity index (χ1n) is 7.30. The van der Waals surface area contributed by atoms with Crippen molar-refractivity contribution in [2.75, 3.05) is 0 Å². The van der Waals surface area contributed by atoms with Crippen LogP contribution < -0.4 is 5.32 Å². The highest BCUT2D eigenvalue weighted by Crippen LogP contribution is 2.50. The van der Waals surface area contributed by atoms with Gasteiger partial charge < -0.3 is 24.3 Å². The zero-order valence-electron chi connectivity index (χ0n) is 13.1. The lowest BCUT2D eigenvalue weighted by Gasteiger charge is -2.53. The van der Waals surface area contributed by atoms with Crippen LogP contribution in [0.4, 0.5) is 0 Å². The zero-order chi connectivity index (χ0) is 17.8. The molecule has 2 heterocycles. The second kappa shape index (κ2) is 5.78. The number of amides is 1. The Labute approximate surface area is 145 Å². The molecule has 1 aliphatic carbocycles. The normalized spacial score (nSPS) is 42.6. The van der Waals surface area contributed by atoms with Gasteiger partial charge in [-0.25, -0.2) is 0 Å². The molecular formula is C14H16BrNO8. The van der Waals surface area contributed by atoms with Crippen LogP contribution in [0.3, 0.4) is 0 Å². The monoisotopic (exact) mass is 405 g/mol. The second-order valence-corrected chi connectivity index (χ2v) is 6.88. The molecule has 0 aromatic heterocycles. The Morgan fingerprint density at radius 2 is 1.67 bits per heavy atom. The fraction of sp³-hybridized carbons (Fsp3) is 0.714. The first kappa shape index (κ1) is 17.3. The maximum absolute atomic E-state index is 12.6. The largest absolute Gasteiger partial charge is 0.457 e. The molecule has 3 rings (SSSR count). The van der Waals surface area contributed by atoms with Crippen LogP contribution in [0.1, 0.15) is 20.8 Å². The van der Waals surface area contributed by atoms with Gasteiger partial charge in [-0.1, -0.05) is 15.9 Å². The number of hydrogen-bond acceptors (Lipinski definition) is 8. The standard InChI is InChI=1S/C14H16BrNO8/c1-4(17)16-14-10(15)7(20)8-9(11(14)21-5(2)18)24-13(23-8)12(14)22-6(3)19/h8-13H,1-3H3,(H,16,17)/t8-,9+,10-,11+,12+,13+,14+/m0/s1.